The molecule has 5 nitrogen and oxygen atoms in total. The van der Waals surface area contributed by atoms with Crippen LogP contribution in [0.15, 0.2) is 41.4 Å². The molecule has 1 N–H and O–H groups in total. The quantitative estimate of drug-likeness (QED) is 0.905. The summed E-state index contributed by atoms with van der Waals surface area (Å²) in [7, 11) is -1.68. The summed E-state index contributed by atoms with van der Waals surface area (Å²) in [6, 6.07) is 8.98. The molecule has 1 atom stereocenters. The molecule has 25 heavy (non-hydrogen) atoms. The highest BCUT2D eigenvalue weighted by Gasteiger charge is 2.34. The van der Waals surface area contributed by atoms with E-state index in [-0.39, 0.29) is 6.04 Å². The number of aromatic nitrogens is 1. The van der Waals surface area contributed by atoms with Crippen molar-refractivity contribution in [1.82, 2.24) is 9.29 Å². The van der Waals surface area contributed by atoms with E-state index in [1.807, 2.05) is 39.1 Å². The first kappa shape index (κ1) is 17.9. The number of piperidine rings is 1. The second-order valence-electron chi connectivity index (χ2n) is 6.62. The highest BCUT2D eigenvalue weighted by atomic mass is 32.2. The minimum Gasteiger partial charge on any atom is -0.373 e. The number of benzene rings is 1. The maximum Gasteiger partial charge on any atom is 0.243 e. The Morgan fingerprint density at radius 3 is 2.52 bits per heavy atom. The van der Waals surface area contributed by atoms with Gasteiger partial charge >= 0.3 is 0 Å². The van der Waals surface area contributed by atoms with Crippen molar-refractivity contribution in [2.75, 3.05) is 18.9 Å². The number of pyridine rings is 1. The van der Waals surface area contributed by atoms with Gasteiger partial charge in [0.2, 0.25) is 10.0 Å². The average molecular weight is 359 g/mol. The van der Waals surface area contributed by atoms with Gasteiger partial charge in [0.05, 0.1) is 10.9 Å². The molecule has 0 amide bonds. The van der Waals surface area contributed by atoms with Crippen molar-refractivity contribution in [3.05, 3.63) is 53.2 Å². The van der Waals surface area contributed by atoms with Crippen molar-refractivity contribution in [3.63, 3.8) is 0 Å². The van der Waals surface area contributed by atoms with Crippen molar-refractivity contribution < 1.29 is 8.42 Å². The van der Waals surface area contributed by atoms with Crippen LogP contribution in [0.5, 0.6) is 0 Å². The molecule has 1 aromatic carbocycles. The monoisotopic (exact) mass is 359 g/mol. The van der Waals surface area contributed by atoms with Crippen molar-refractivity contribution in [1.29, 1.82) is 0 Å². The number of sulfonamides is 1. The number of nitrogens with zero attached hydrogens (tertiary/aromatic N) is 2. The van der Waals surface area contributed by atoms with Crippen LogP contribution in [0.1, 0.15) is 42.0 Å². The number of anilines is 1. The molecule has 2 heterocycles. The summed E-state index contributed by atoms with van der Waals surface area (Å²) in [4.78, 5) is 4.80. The maximum atomic E-state index is 13.2. The molecule has 1 saturated heterocycles. The van der Waals surface area contributed by atoms with E-state index in [0.29, 0.717) is 11.4 Å². The summed E-state index contributed by atoms with van der Waals surface area (Å²) in [5.74, 6) is 0.826. The van der Waals surface area contributed by atoms with Crippen LogP contribution >= 0.6 is 0 Å². The largest absolute Gasteiger partial charge is 0.373 e. The van der Waals surface area contributed by atoms with E-state index in [4.69, 9.17) is 0 Å². The van der Waals surface area contributed by atoms with Crippen LogP contribution in [0.4, 0.5) is 5.82 Å². The summed E-state index contributed by atoms with van der Waals surface area (Å²) < 4.78 is 28.0. The Labute approximate surface area is 150 Å². The molecule has 0 saturated carbocycles. The summed E-state index contributed by atoms with van der Waals surface area (Å²) >= 11 is 0. The minimum atomic E-state index is -3.51. The van der Waals surface area contributed by atoms with Gasteiger partial charge in [-0.05, 0) is 56.0 Å². The topological polar surface area (TPSA) is 62.3 Å². The normalized spacial score (nSPS) is 18.9. The lowest BCUT2D eigenvalue weighted by atomic mass is 9.98. The summed E-state index contributed by atoms with van der Waals surface area (Å²) in [5, 5.41) is 3.05. The Balaban J connectivity index is 1.98. The van der Waals surface area contributed by atoms with Crippen molar-refractivity contribution in [3.8, 4) is 0 Å². The molecular formula is C19H25N3O2S. The molecule has 0 radical (unpaired) electrons. The van der Waals surface area contributed by atoms with E-state index in [1.165, 1.54) is 0 Å². The van der Waals surface area contributed by atoms with Gasteiger partial charge in [0.25, 0.3) is 0 Å². The Morgan fingerprint density at radius 2 is 1.88 bits per heavy atom. The zero-order valence-corrected chi connectivity index (χ0v) is 15.8. The maximum absolute atomic E-state index is 13.2. The molecular weight excluding hydrogens is 334 g/mol. The van der Waals surface area contributed by atoms with E-state index in [2.05, 4.69) is 10.3 Å². The number of rotatable bonds is 4. The molecule has 1 fully saturated rings. The molecule has 1 aliphatic rings. The Kier molecular flexibility index (Phi) is 5.11. The highest BCUT2D eigenvalue weighted by Crippen LogP contribution is 2.36. The second kappa shape index (κ2) is 7.14. The van der Waals surface area contributed by atoms with Crippen LogP contribution in [0.3, 0.4) is 0 Å². The van der Waals surface area contributed by atoms with E-state index >= 15 is 0 Å². The average Bonchev–Trinajstić information content (AvgIpc) is 2.62. The van der Waals surface area contributed by atoms with Crippen LogP contribution < -0.4 is 5.32 Å². The van der Waals surface area contributed by atoms with Gasteiger partial charge in [0.1, 0.15) is 5.82 Å². The van der Waals surface area contributed by atoms with Gasteiger partial charge in [0, 0.05) is 19.8 Å². The Bertz CT molecular complexity index is 847. The predicted octanol–water partition coefficient (Wildman–Crippen LogP) is 3.66. The van der Waals surface area contributed by atoms with Gasteiger partial charge in [-0.3, -0.25) is 0 Å². The van der Waals surface area contributed by atoms with Crippen LogP contribution in [-0.4, -0.2) is 31.3 Å². The van der Waals surface area contributed by atoms with Crippen LogP contribution in [-0.2, 0) is 10.0 Å². The predicted molar refractivity (Wildman–Crippen MR) is 100 cm³/mol. The minimum absolute atomic E-state index is 0.155. The van der Waals surface area contributed by atoms with Crippen molar-refractivity contribution >= 4 is 15.8 Å². The summed E-state index contributed by atoms with van der Waals surface area (Å²) in [6.45, 7) is 4.50. The Hall–Kier alpha value is -1.92. The number of nitrogens with one attached hydrogen (secondary N) is 1. The first-order valence-corrected chi connectivity index (χ1v) is 10.1. The van der Waals surface area contributed by atoms with Gasteiger partial charge < -0.3 is 5.32 Å². The van der Waals surface area contributed by atoms with Gasteiger partial charge in [-0.15, -0.1) is 0 Å². The molecule has 0 spiro atoms. The highest BCUT2D eigenvalue weighted by molar-refractivity contribution is 7.89. The fraction of sp³-hybridized carbons (Fsp3) is 0.421. The zero-order chi connectivity index (χ0) is 18.0. The third-order valence-electron chi connectivity index (χ3n) is 4.80. The first-order chi connectivity index (χ1) is 11.9. The molecule has 3 rings (SSSR count). The summed E-state index contributed by atoms with van der Waals surface area (Å²) in [6.07, 6.45) is 4.54. The first-order valence-electron chi connectivity index (χ1n) is 8.66. The molecule has 0 aliphatic carbocycles. The summed E-state index contributed by atoms with van der Waals surface area (Å²) in [5.41, 5.74) is 3.04. The van der Waals surface area contributed by atoms with Gasteiger partial charge in [-0.25, -0.2) is 13.4 Å². The molecule has 1 unspecified atom stereocenters. The number of hydrogen-bond donors (Lipinski definition) is 1. The molecule has 1 aromatic heterocycles. The van der Waals surface area contributed by atoms with Crippen LogP contribution in [0, 0.1) is 13.8 Å². The Morgan fingerprint density at radius 1 is 1.16 bits per heavy atom. The lowest BCUT2D eigenvalue weighted by Crippen LogP contribution is -2.38. The van der Waals surface area contributed by atoms with Gasteiger partial charge in [-0.2, -0.15) is 4.31 Å². The van der Waals surface area contributed by atoms with Crippen molar-refractivity contribution in [2.45, 2.75) is 44.0 Å². The molecule has 0 bridgehead atoms. The van der Waals surface area contributed by atoms with Crippen molar-refractivity contribution in [2.24, 2.45) is 0 Å². The third-order valence-corrected chi connectivity index (χ3v) is 6.72. The fourth-order valence-electron chi connectivity index (χ4n) is 3.41. The smallest absolute Gasteiger partial charge is 0.243 e. The number of aryl methyl sites for hydroxylation is 2. The molecule has 2 aromatic rings. The molecule has 1 aliphatic heterocycles. The zero-order valence-electron chi connectivity index (χ0n) is 15.0. The number of hydrogen-bond acceptors (Lipinski definition) is 4. The SMILES string of the molecule is CNc1ncc(C2CCCCN2S(=O)(=O)c2ccc(C)cc2)cc1C. The van der Waals surface area contributed by atoms with E-state index < -0.39 is 10.0 Å². The molecule has 6 heteroatoms. The van der Waals surface area contributed by atoms with Gasteiger partial charge in [0.15, 0.2) is 0 Å². The standard InChI is InChI=1S/C19H25N3O2S/c1-14-7-9-17(10-8-14)25(23,24)22-11-5-4-6-18(22)16-12-15(2)19(20-3)21-13-16/h7-10,12-13,18H,4-6,11H2,1-3H3,(H,20,21). The van der Waals surface area contributed by atoms with Gasteiger partial charge in [-0.1, -0.05) is 24.1 Å². The van der Waals surface area contributed by atoms with E-state index in [0.717, 1.165) is 41.8 Å². The molecule has 134 valence electrons. The van der Waals surface area contributed by atoms with E-state index in [9.17, 15) is 8.42 Å². The van der Waals surface area contributed by atoms with Crippen LogP contribution in [0.2, 0.25) is 0 Å². The fourth-order valence-corrected chi connectivity index (χ4v) is 5.09. The van der Waals surface area contributed by atoms with Crippen LogP contribution in [0.25, 0.3) is 0 Å². The lowest BCUT2D eigenvalue weighted by molar-refractivity contribution is 0.255. The third kappa shape index (κ3) is 3.55. The second-order valence-corrected chi connectivity index (χ2v) is 8.52. The van der Waals surface area contributed by atoms with E-state index in [1.54, 1.807) is 22.6 Å². The lowest BCUT2D eigenvalue weighted by Gasteiger charge is -2.35.